The molecule has 4 nitrogen and oxygen atoms in total. The summed E-state index contributed by atoms with van der Waals surface area (Å²) in [5, 5.41) is 7.36. The van der Waals surface area contributed by atoms with Crippen molar-refractivity contribution in [2.75, 3.05) is 0 Å². The van der Waals surface area contributed by atoms with Crippen molar-refractivity contribution in [2.24, 2.45) is 0 Å². The van der Waals surface area contributed by atoms with Gasteiger partial charge in [-0.15, -0.1) is 0 Å². The minimum Gasteiger partial charge on any atom is -0.309 e. The maximum atomic E-state index is 5.36. The highest BCUT2D eigenvalue weighted by molar-refractivity contribution is 6.11. The van der Waals surface area contributed by atoms with E-state index in [9.17, 15) is 0 Å². The van der Waals surface area contributed by atoms with E-state index in [1.54, 1.807) is 0 Å². The van der Waals surface area contributed by atoms with E-state index in [0.29, 0.717) is 5.82 Å². The summed E-state index contributed by atoms with van der Waals surface area (Å²) in [7, 11) is 0. The molecule has 280 valence electrons. The molecule has 12 aromatic rings. The molecule has 12 rings (SSSR count). The lowest BCUT2D eigenvalue weighted by atomic mass is 9.97. The second-order valence-electron chi connectivity index (χ2n) is 15.4. The van der Waals surface area contributed by atoms with Crippen molar-refractivity contribution in [3.05, 3.63) is 218 Å². The van der Waals surface area contributed by atoms with Crippen molar-refractivity contribution in [3.8, 4) is 56.4 Å². The molecule has 0 saturated carbocycles. The van der Waals surface area contributed by atoms with Gasteiger partial charge in [-0.1, -0.05) is 170 Å². The van der Waals surface area contributed by atoms with Crippen LogP contribution < -0.4 is 0 Å². The maximum absolute atomic E-state index is 5.36. The Morgan fingerprint density at radius 1 is 0.283 bits per heavy atom. The zero-order valence-corrected chi connectivity index (χ0v) is 32.6. The fourth-order valence-electron chi connectivity index (χ4n) is 9.16. The summed E-state index contributed by atoms with van der Waals surface area (Å²) in [5.74, 6) is 0.682. The monoisotopic (exact) mass is 764 g/mol. The SMILES string of the molecule is c1ccc(-c2nc(-c3ccc(-c4cccc5ccccc45)cc3)cc(-c3cc(-n4c5ccccc5c5ccccc54)cc(-n4c5ccccc5c5ccccc54)c3)n2)cc1. The second-order valence-corrected chi connectivity index (χ2v) is 15.4. The Labute approximate surface area is 346 Å². The van der Waals surface area contributed by atoms with Gasteiger partial charge in [0.2, 0.25) is 0 Å². The van der Waals surface area contributed by atoms with Gasteiger partial charge in [-0.3, -0.25) is 0 Å². The first-order chi connectivity index (χ1) is 29.7. The Kier molecular flexibility index (Phi) is 7.82. The highest BCUT2D eigenvalue weighted by Gasteiger charge is 2.19. The van der Waals surface area contributed by atoms with Crippen molar-refractivity contribution in [3.63, 3.8) is 0 Å². The summed E-state index contributed by atoms with van der Waals surface area (Å²) in [4.78, 5) is 10.6. The third-order valence-corrected chi connectivity index (χ3v) is 11.9. The van der Waals surface area contributed by atoms with Crippen molar-refractivity contribution in [1.82, 2.24) is 19.1 Å². The van der Waals surface area contributed by atoms with E-state index >= 15 is 0 Å². The molecule has 0 radical (unpaired) electrons. The molecule has 0 aliphatic rings. The van der Waals surface area contributed by atoms with Crippen LogP contribution in [0.1, 0.15) is 0 Å². The van der Waals surface area contributed by atoms with Crippen LogP contribution in [0.5, 0.6) is 0 Å². The molecule has 0 fully saturated rings. The topological polar surface area (TPSA) is 35.6 Å². The molecular weight excluding hydrogens is 729 g/mol. The van der Waals surface area contributed by atoms with Gasteiger partial charge in [0, 0.05) is 49.6 Å². The van der Waals surface area contributed by atoms with Crippen LogP contribution in [0, 0.1) is 0 Å². The molecule has 0 spiro atoms. The summed E-state index contributed by atoms with van der Waals surface area (Å²) in [5.41, 5.74) is 13.8. The van der Waals surface area contributed by atoms with Gasteiger partial charge in [-0.25, -0.2) is 9.97 Å². The van der Waals surface area contributed by atoms with E-state index in [1.807, 2.05) is 18.2 Å². The van der Waals surface area contributed by atoms with E-state index in [4.69, 9.17) is 9.97 Å². The van der Waals surface area contributed by atoms with Crippen LogP contribution in [-0.2, 0) is 0 Å². The van der Waals surface area contributed by atoms with Gasteiger partial charge in [0.25, 0.3) is 0 Å². The first-order valence-corrected chi connectivity index (χ1v) is 20.4. The molecule has 3 heterocycles. The minimum absolute atomic E-state index is 0.682. The molecule has 0 N–H and O–H groups in total. The van der Waals surface area contributed by atoms with Crippen molar-refractivity contribution < 1.29 is 0 Å². The van der Waals surface area contributed by atoms with Gasteiger partial charge in [0.1, 0.15) is 0 Å². The Hall–Kier alpha value is -8.08. The van der Waals surface area contributed by atoms with Crippen LogP contribution in [0.15, 0.2) is 218 Å². The molecule has 0 aliphatic heterocycles. The summed E-state index contributed by atoms with van der Waals surface area (Å²) in [6.45, 7) is 0. The molecule has 0 aliphatic carbocycles. The Balaban J connectivity index is 1.11. The summed E-state index contributed by atoms with van der Waals surface area (Å²) < 4.78 is 4.80. The average molecular weight is 765 g/mol. The molecular formula is C56H36N4. The number of hydrogen-bond donors (Lipinski definition) is 0. The van der Waals surface area contributed by atoms with Crippen LogP contribution in [0.2, 0.25) is 0 Å². The number of hydrogen-bond acceptors (Lipinski definition) is 2. The van der Waals surface area contributed by atoms with Crippen molar-refractivity contribution in [1.29, 1.82) is 0 Å². The van der Waals surface area contributed by atoms with Crippen molar-refractivity contribution >= 4 is 54.4 Å². The number of benzene rings is 9. The molecule has 4 heteroatoms. The number of rotatable bonds is 6. The fraction of sp³-hybridized carbons (Fsp3) is 0. The van der Waals surface area contributed by atoms with E-state index in [0.717, 1.165) is 61.5 Å². The quantitative estimate of drug-likeness (QED) is 0.169. The lowest BCUT2D eigenvalue weighted by molar-refractivity contribution is 1.13. The highest BCUT2D eigenvalue weighted by atomic mass is 15.0. The molecule has 0 bridgehead atoms. The largest absolute Gasteiger partial charge is 0.309 e. The third-order valence-electron chi connectivity index (χ3n) is 11.9. The molecule has 0 saturated heterocycles. The minimum atomic E-state index is 0.682. The Morgan fingerprint density at radius 2 is 0.717 bits per heavy atom. The lowest BCUT2D eigenvalue weighted by Gasteiger charge is -2.16. The second kappa shape index (κ2) is 13.8. The van der Waals surface area contributed by atoms with Gasteiger partial charge in [0.15, 0.2) is 5.82 Å². The van der Waals surface area contributed by atoms with Crippen LogP contribution >= 0.6 is 0 Å². The van der Waals surface area contributed by atoms with Gasteiger partial charge in [-0.05, 0) is 70.4 Å². The number of nitrogens with zero attached hydrogens (tertiary/aromatic N) is 4. The highest BCUT2D eigenvalue weighted by Crippen LogP contribution is 2.39. The zero-order valence-electron chi connectivity index (χ0n) is 32.6. The van der Waals surface area contributed by atoms with Crippen LogP contribution in [-0.4, -0.2) is 19.1 Å². The Bertz CT molecular complexity index is 3350. The average Bonchev–Trinajstić information content (AvgIpc) is 3.85. The van der Waals surface area contributed by atoms with Gasteiger partial charge in [-0.2, -0.15) is 0 Å². The fourth-order valence-corrected chi connectivity index (χ4v) is 9.16. The summed E-state index contributed by atoms with van der Waals surface area (Å²) >= 11 is 0. The van der Waals surface area contributed by atoms with E-state index in [1.165, 1.54) is 43.4 Å². The number of para-hydroxylation sites is 4. The van der Waals surface area contributed by atoms with E-state index in [2.05, 4.69) is 209 Å². The normalized spacial score (nSPS) is 11.7. The van der Waals surface area contributed by atoms with Crippen LogP contribution in [0.25, 0.3) is 111 Å². The molecule has 60 heavy (non-hydrogen) atoms. The predicted molar refractivity (Wildman–Crippen MR) is 250 cm³/mol. The first-order valence-electron chi connectivity index (χ1n) is 20.4. The zero-order chi connectivity index (χ0) is 39.6. The molecule has 9 aromatic carbocycles. The standard InChI is InChI=1S/C56H36N4/c1-2-16-40(17-3-1)56-57-50(39-31-29-38(30-32-39)45-24-14-18-37-15-4-5-19-44(37)45)36-51(58-56)41-33-42(59-52-25-10-6-20-46(52)47-21-7-11-26-53(47)59)35-43(34-41)60-54-27-12-8-22-48(54)49-23-9-13-28-55(49)60/h1-36H. The van der Waals surface area contributed by atoms with Crippen molar-refractivity contribution in [2.45, 2.75) is 0 Å². The van der Waals surface area contributed by atoms with Gasteiger partial charge in [0.05, 0.1) is 33.5 Å². The van der Waals surface area contributed by atoms with Crippen LogP contribution in [0.3, 0.4) is 0 Å². The predicted octanol–water partition coefficient (Wildman–Crippen LogP) is 14.5. The molecule has 0 atom stereocenters. The third kappa shape index (κ3) is 5.53. The number of aromatic nitrogens is 4. The molecule has 0 unspecified atom stereocenters. The summed E-state index contributed by atoms with van der Waals surface area (Å²) in [6, 6.07) is 78.1. The smallest absolute Gasteiger partial charge is 0.160 e. The van der Waals surface area contributed by atoms with E-state index in [-0.39, 0.29) is 0 Å². The summed E-state index contributed by atoms with van der Waals surface area (Å²) in [6.07, 6.45) is 0. The molecule has 0 amide bonds. The molecule has 3 aromatic heterocycles. The van der Waals surface area contributed by atoms with Crippen LogP contribution in [0.4, 0.5) is 0 Å². The lowest BCUT2D eigenvalue weighted by Crippen LogP contribution is -2.01. The maximum Gasteiger partial charge on any atom is 0.160 e. The van der Waals surface area contributed by atoms with E-state index < -0.39 is 0 Å². The van der Waals surface area contributed by atoms with Gasteiger partial charge < -0.3 is 9.13 Å². The number of fused-ring (bicyclic) bond motifs is 7. The Morgan fingerprint density at radius 3 is 1.27 bits per heavy atom. The van der Waals surface area contributed by atoms with Gasteiger partial charge >= 0.3 is 0 Å². The first kappa shape index (κ1) is 34.0.